The zero-order valence-corrected chi connectivity index (χ0v) is 15.8. The standard InChI is InChI=1S/C17H34N2O4/c1-15(2,3)11(9-20)18-13(22)17(7,8)14(23)19-12(10-21)16(4,5)6/h11-12,20-21H,9-10H2,1-8H3,(H,18,22)(H,19,23)/t11-,12-/m0/s1. The van der Waals surface area contributed by atoms with E-state index in [2.05, 4.69) is 10.6 Å². The summed E-state index contributed by atoms with van der Waals surface area (Å²) in [5.41, 5.74) is -1.96. The number of aliphatic hydroxyl groups excluding tert-OH is 2. The molecule has 6 nitrogen and oxygen atoms in total. The summed E-state index contributed by atoms with van der Waals surface area (Å²) < 4.78 is 0. The molecule has 4 N–H and O–H groups in total. The van der Waals surface area contributed by atoms with Crippen LogP contribution in [0.5, 0.6) is 0 Å². The Balaban J connectivity index is 5.09. The van der Waals surface area contributed by atoms with Crippen LogP contribution in [0.1, 0.15) is 55.4 Å². The van der Waals surface area contributed by atoms with Crippen molar-refractivity contribution in [3.8, 4) is 0 Å². The summed E-state index contributed by atoms with van der Waals surface area (Å²) in [4.78, 5) is 25.0. The number of aliphatic hydroxyl groups is 2. The molecule has 0 spiro atoms. The quantitative estimate of drug-likeness (QED) is 0.547. The average Bonchev–Trinajstić information content (AvgIpc) is 2.38. The van der Waals surface area contributed by atoms with Gasteiger partial charge in [0, 0.05) is 0 Å². The normalized spacial score (nSPS) is 15.7. The molecule has 0 bridgehead atoms. The van der Waals surface area contributed by atoms with Gasteiger partial charge < -0.3 is 20.8 Å². The molecule has 2 atom stereocenters. The Labute approximate surface area is 140 Å². The summed E-state index contributed by atoms with van der Waals surface area (Å²) in [6, 6.07) is -0.892. The van der Waals surface area contributed by atoms with Gasteiger partial charge in [-0.15, -0.1) is 0 Å². The van der Waals surface area contributed by atoms with Crippen LogP contribution in [0.3, 0.4) is 0 Å². The predicted octanol–water partition coefficient (Wildman–Crippen LogP) is 1.06. The molecule has 0 aliphatic heterocycles. The highest BCUT2D eigenvalue weighted by molar-refractivity contribution is 6.04. The molecule has 6 heteroatoms. The number of amides is 2. The van der Waals surface area contributed by atoms with Crippen LogP contribution in [0.2, 0.25) is 0 Å². The molecule has 0 unspecified atom stereocenters. The molecule has 0 radical (unpaired) electrons. The molecule has 136 valence electrons. The lowest BCUT2D eigenvalue weighted by atomic mass is 9.83. The first-order valence-corrected chi connectivity index (χ1v) is 8.01. The van der Waals surface area contributed by atoms with Crippen molar-refractivity contribution in [2.24, 2.45) is 16.2 Å². The summed E-state index contributed by atoms with van der Waals surface area (Å²) in [7, 11) is 0. The van der Waals surface area contributed by atoms with E-state index < -0.39 is 29.3 Å². The molecule has 0 heterocycles. The van der Waals surface area contributed by atoms with E-state index in [1.165, 1.54) is 13.8 Å². The topological polar surface area (TPSA) is 98.7 Å². The molecular weight excluding hydrogens is 296 g/mol. The maximum Gasteiger partial charge on any atom is 0.235 e. The van der Waals surface area contributed by atoms with Crippen LogP contribution in [-0.2, 0) is 9.59 Å². The Morgan fingerprint density at radius 2 is 1.00 bits per heavy atom. The van der Waals surface area contributed by atoms with Gasteiger partial charge in [0.25, 0.3) is 0 Å². The van der Waals surface area contributed by atoms with Gasteiger partial charge in [0.1, 0.15) is 5.41 Å². The van der Waals surface area contributed by atoms with Gasteiger partial charge >= 0.3 is 0 Å². The zero-order valence-electron chi connectivity index (χ0n) is 15.8. The minimum absolute atomic E-state index is 0.200. The van der Waals surface area contributed by atoms with Gasteiger partial charge in [-0.2, -0.15) is 0 Å². The molecular formula is C17H34N2O4. The van der Waals surface area contributed by atoms with Gasteiger partial charge in [-0.05, 0) is 24.7 Å². The van der Waals surface area contributed by atoms with E-state index >= 15 is 0 Å². The second kappa shape index (κ2) is 7.62. The highest BCUT2D eigenvalue weighted by Gasteiger charge is 2.40. The highest BCUT2D eigenvalue weighted by Crippen LogP contribution is 2.24. The van der Waals surface area contributed by atoms with Gasteiger partial charge in [-0.1, -0.05) is 41.5 Å². The monoisotopic (exact) mass is 330 g/mol. The smallest absolute Gasteiger partial charge is 0.235 e. The maximum atomic E-state index is 12.5. The predicted molar refractivity (Wildman–Crippen MR) is 90.7 cm³/mol. The first-order valence-electron chi connectivity index (χ1n) is 8.01. The third-order valence-electron chi connectivity index (χ3n) is 4.20. The minimum Gasteiger partial charge on any atom is -0.394 e. The first-order chi connectivity index (χ1) is 10.2. The third kappa shape index (κ3) is 6.11. The molecule has 0 aliphatic rings. The molecule has 23 heavy (non-hydrogen) atoms. The molecule has 0 aromatic rings. The van der Waals surface area contributed by atoms with Crippen LogP contribution in [0, 0.1) is 16.2 Å². The molecule has 0 saturated heterocycles. The Hall–Kier alpha value is -1.14. The van der Waals surface area contributed by atoms with Crippen molar-refractivity contribution in [2.75, 3.05) is 13.2 Å². The van der Waals surface area contributed by atoms with E-state index in [0.29, 0.717) is 0 Å². The number of rotatable bonds is 6. The van der Waals surface area contributed by atoms with Gasteiger partial charge in [0.05, 0.1) is 25.3 Å². The van der Waals surface area contributed by atoms with Crippen molar-refractivity contribution < 1.29 is 19.8 Å². The fraction of sp³-hybridized carbons (Fsp3) is 0.882. The van der Waals surface area contributed by atoms with Gasteiger partial charge in [0.2, 0.25) is 11.8 Å². The van der Waals surface area contributed by atoms with Crippen molar-refractivity contribution >= 4 is 11.8 Å². The Kier molecular flexibility index (Phi) is 7.24. The van der Waals surface area contributed by atoms with E-state index in [1.54, 1.807) is 0 Å². The van der Waals surface area contributed by atoms with Crippen LogP contribution in [0.4, 0.5) is 0 Å². The molecule has 0 rings (SSSR count). The SMILES string of the molecule is CC(C)(C(=O)N[C@@H](CO)C(C)(C)C)C(=O)N[C@@H](CO)C(C)(C)C. The largest absolute Gasteiger partial charge is 0.394 e. The number of hydrogen-bond donors (Lipinski definition) is 4. The molecule has 2 amide bonds. The van der Waals surface area contributed by atoms with Crippen molar-refractivity contribution in [1.29, 1.82) is 0 Å². The molecule has 0 aliphatic carbocycles. The maximum absolute atomic E-state index is 12.5. The van der Waals surface area contributed by atoms with E-state index in [9.17, 15) is 19.8 Å². The van der Waals surface area contributed by atoms with E-state index in [1.807, 2.05) is 41.5 Å². The molecule has 0 fully saturated rings. The fourth-order valence-corrected chi connectivity index (χ4v) is 1.85. The van der Waals surface area contributed by atoms with Crippen molar-refractivity contribution in [3.63, 3.8) is 0 Å². The number of carbonyl (C=O) groups is 2. The highest BCUT2D eigenvalue weighted by atomic mass is 16.3. The van der Waals surface area contributed by atoms with Crippen LogP contribution in [0.25, 0.3) is 0 Å². The van der Waals surface area contributed by atoms with Crippen LogP contribution in [-0.4, -0.2) is 47.3 Å². The van der Waals surface area contributed by atoms with Crippen LogP contribution < -0.4 is 10.6 Å². The number of nitrogens with one attached hydrogen (secondary N) is 2. The second-order valence-corrected chi connectivity index (χ2v) is 8.77. The summed E-state index contributed by atoms with van der Waals surface area (Å²) in [5.74, 6) is -0.899. The van der Waals surface area contributed by atoms with Crippen molar-refractivity contribution in [3.05, 3.63) is 0 Å². The zero-order chi connectivity index (χ0) is 18.6. The second-order valence-electron chi connectivity index (χ2n) is 8.77. The summed E-state index contributed by atoms with van der Waals surface area (Å²) in [6.07, 6.45) is 0. The van der Waals surface area contributed by atoms with Gasteiger partial charge in [-0.3, -0.25) is 9.59 Å². The van der Waals surface area contributed by atoms with Crippen molar-refractivity contribution in [1.82, 2.24) is 10.6 Å². The van der Waals surface area contributed by atoms with E-state index in [-0.39, 0.29) is 24.0 Å². The Morgan fingerprint density at radius 3 is 1.17 bits per heavy atom. The fourth-order valence-electron chi connectivity index (χ4n) is 1.85. The van der Waals surface area contributed by atoms with Crippen molar-refractivity contribution in [2.45, 2.75) is 67.5 Å². The van der Waals surface area contributed by atoms with Gasteiger partial charge in [-0.25, -0.2) is 0 Å². The number of carbonyl (C=O) groups excluding carboxylic acids is 2. The molecule has 0 aromatic carbocycles. The average molecular weight is 330 g/mol. The van der Waals surface area contributed by atoms with E-state index in [4.69, 9.17) is 0 Å². The van der Waals surface area contributed by atoms with Gasteiger partial charge in [0.15, 0.2) is 0 Å². The lowest BCUT2D eigenvalue weighted by Crippen LogP contribution is -2.57. The number of hydrogen-bond acceptors (Lipinski definition) is 4. The lowest BCUT2D eigenvalue weighted by molar-refractivity contribution is -0.143. The summed E-state index contributed by atoms with van der Waals surface area (Å²) in [5, 5.41) is 24.4. The summed E-state index contributed by atoms with van der Waals surface area (Å²) in [6.45, 7) is 14.1. The minimum atomic E-state index is -1.31. The van der Waals surface area contributed by atoms with E-state index in [0.717, 1.165) is 0 Å². The lowest BCUT2D eigenvalue weighted by Gasteiger charge is -2.35. The Bertz CT molecular complexity index is 381. The Morgan fingerprint density at radius 1 is 0.739 bits per heavy atom. The third-order valence-corrected chi connectivity index (χ3v) is 4.20. The van der Waals surface area contributed by atoms with Crippen LogP contribution >= 0.6 is 0 Å². The molecule has 0 saturated carbocycles. The summed E-state index contributed by atoms with van der Waals surface area (Å²) >= 11 is 0. The molecule has 0 aromatic heterocycles. The first kappa shape index (κ1) is 21.9. The van der Waals surface area contributed by atoms with Crippen LogP contribution in [0.15, 0.2) is 0 Å².